The second-order valence-electron chi connectivity index (χ2n) is 2.58. The number of halogens is 1. The van der Waals surface area contributed by atoms with Crippen LogP contribution in [0.4, 0.5) is 0 Å². The van der Waals surface area contributed by atoms with Crippen LogP contribution < -0.4 is 5.32 Å². The van der Waals surface area contributed by atoms with Crippen LogP contribution in [-0.2, 0) is 0 Å². The monoisotopic (exact) mass is 233 g/mol. The van der Waals surface area contributed by atoms with Gasteiger partial charge in [0.2, 0.25) is 0 Å². The first-order chi connectivity index (χ1) is 5.15. The van der Waals surface area contributed by atoms with Crippen molar-refractivity contribution in [3.8, 4) is 0 Å². The number of nitrogens with one attached hydrogen (secondary N) is 1. The van der Waals surface area contributed by atoms with Gasteiger partial charge in [-0.15, -0.1) is 11.3 Å². The predicted molar refractivity (Wildman–Crippen MR) is 54.2 cm³/mol. The van der Waals surface area contributed by atoms with E-state index in [1.54, 1.807) is 0 Å². The van der Waals surface area contributed by atoms with E-state index in [1.165, 1.54) is 14.2 Å². The summed E-state index contributed by atoms with van der Waals surface area (Å²) in [6.07, 6.45) is 0. The second-order valence-corrected chi connectivity index (χ2v) is 4.72. The van der Waals surface area contributed by atoms with Crippen LogP contribution in [0.15, 0.2) is 10.5 Å². The normalized spacial score (nSPS) is 13.5. The molecule has 11 heavy (non-hydrogen) atoms. The standard InChI is InChI=1S/C8H12BrNS/c1-5-4-7(9)8(11-5)6(2)10-3/h4,6,10H,1-3H3. The Kier molecular flexibility index (Phi) is 3.10. The van der Waals surface area contributed by atoms with Crippen molar-refractivity contribution in [3.63, 3.8) is 0 Å². The SMILES string of the molecule is CNC(C)c1sc(C)cc1Br. The number of thiophene rings is 1. The molecule has 0 bridgehead atoms. The molecule has 0 fully saturated rings. The summed E-state index contributed by atoms with van der Waals surface area (Å²) in [5.74, 6) is 0. The molecule has 1 aromatic rings. The summed E-state index contributed by atoms with van der Waals surface area (Å²) in [6, 6.07) is 2.61. The largest absolute Gasteiger partial charge is 0.313 e. The van der Waals surface area contributed by atoms with Gasteiger partial charge in [-0.05, 0) is 42.9 Å². The molecule has 1 unspecified atom stereocenters. The van der Waals surface area contributed by atoms with Crippen LogP contribution in [0.3, 0.4) is 0 Å². The summed E-state index contributed by atoms with van der Waals surface area (Å²) in [6.45, 7) is 4.29. The fraction of sp³-hybridized carbons (Fsp3) is 0.500. The molecule has 0 saturated carbocycles. The molecule has 0 aliphatic carbocycles. The van der Waals surface area contributed by atoms with Crippen molar-refractivity contribution < 1.29 is 0 Å². The lowest BCUT2D eigenvalue weighted by Gasteiger charge is -2.07. The van der Waals surface area contributed by atoms with Crippen molar-refractivity contribution in [2.24, 2.45) is 0 Å². The van der Waals surface area contributed by atoms with Gasteiger partial charge in [0.15, 0.2) is 0 Å². The number of rotatable bonds is 2. The van der Waals surface area contributed by atoms with Gasteiger partial charge in [0, 0.05) is 20.3 Å². The van der Waals surface area contributed by atoms with Crippen molar-refractivity contribution in [2.75, 3.05) is 7.05 Å². The highest BCUT2D eigenvalue weighted by atomic mass is 79.9. The summed E-state index contributed by atoms with van der Waals surface area (Å²) >= 11 is 5.37. The van der Waals surface area contributed by atoms with Gasteiger partial charge < -0.3 is 5.32 Å². The molecule has 1 rings (SSSR count). The molecule has 1 N–H and O–H groups in total. The van der Waals surface area contributed by atoms with Crippen LogP contribution >= 0.6 is 27.3 Å². The quantitative estimate of drug-likeness (QED) is 0.829. The Bertz CT molecular complexity index is 244. The summed E-state index contributed by atoms with van der Waals surface area (Å²) in [4.78, 5) is 2.74. The highest BCUT2D eigenvalue weighted by Crippen LogP contribution is 2.31. The molecular weight excluding hydrogens is 222 g/mol. The van der Waals surface area contributed by atoms with Crippen molar-refractivity contribution in [1.29, 1.82) is 0 Å². The average Bonchev–Trinajstić information content (AvgIpc) is 2.28. The molecule has 0 aliphatic rings. The average molecular weight is 234 g/mol. The van der Waals surface area contributed by atoms with E-state index in [-0.39, 0.29) is 0 Å². The van der Waals surface area contributed by atoms with Gasteiger partial charge in [-0.2, -0.15) is 0 Å². The Balaban J connectivity index is 2.93. The summed E-state index contributed by atoms with van der Waals surface area (Å²) in [5, 5.41) is 3.22. The van der Waals surface area contributed by atoms with Gasteiger partial charge in [0.1, 0.15) is 0 Å². The Labute approximate surface area is 79.9 Å². The van der Waals surface area contributed by atoms with E-state index in [9.17, 15) is 0 Å². The van der Waals surface area contributed by atoms with E-state index in [0.717, 1.165) is 0 Å². The molecule has 1 aromatic heterocycles. The lowest BCUT2D eigenvalue weighted by atomic mass is 10.3. The second kappa shape index (κ2) is 3.70. The van der Waals surface area contributed by atoms with Gasteiger partial charge in [0.05, 0.1) is 0 Å². The van der Waals surface area contributed by atoms with Gasteiger partial charge in [-0.25, -0.2) is 0 Å². The molecule has 0 spiro atoms. The van der Waals surface area contributed by atoms with Crippen LogP contribution in [0.5, 0.6) is 0 Å². The van der Waals surface area contributed by atoms with Crippen LogP contribution in [0.25, 0.3) is 0 Å². The summed E-state index contributed by atoms with van der Waals surface area (Å²) < 4.78 is 1.22. The van der Waals surface area contributed by atoms with Crippen molar-refractivity contribution in [3.05, 3.63) is 20.3 Å². The van der Waals surface area contributed by atoms with Gasteiger partial charge in [0.25, 0.3) is 0 Å². The van der Waals surface area contributed by atoms with Crippen LogP contribution in [0, 0.1) is 6.92 Å². The summed E-state index contributed by atoms with van der Waals surface area (Å²) in [5.41, 5.74) is 0. The summed E-state index contributed by atoms with van der Waals surface area (Å²) in [7, 11) is 1.98. The number of hydrogen-bond donors (Lipinski definition) is 1. The third kappa shape index (κ3) is 2.04. The zero-order chi connectivity index (χ0) is 8.43. The Morgan fingerprint density at radius 3 is 2.64 bits per heavy atom. The first kappa shape index (κ1) is 9.23. The Morgan fingerprint density at radius 1 is 1.64 bits per heavy atom. The molecular formula is C8H12BrNS. The number of hydrogen-bond acceptors (Lipinski definition) is 2. The topological polar surface area (TPSA) is 12.0 Å². The first-order valence-electron chi connectivity index (χ1n) is 3.58. The van der Waals surface area contributed by atoms with Gasteiger partial charge >= 0.3 is 0 Å². The van der Waals surface area contributed by atoms with Crippen LogP contribution in [0.2, 0.25) is 0 Å². The molecule has 0 aromatic carbocycles. The minimum absolute atomic E-state index is 0.447. The maximum absolute atomic E-state index is 3.53. The fourth-order valence-corrected chi connectivity index (χ4v) is 2.98. The van der Waals surface area contributed by atoms with Crippen LogP contribution in [-0.4, -0.2) is 7.05 Å². The predicted octanol–water partition coefficient (Wildman–Crippen LogP) is 3.10. The first-order valence-corrected chi connectivity index (χ1v) is 5.19. The molecule has 0 amide bonds. The third-order valence-corrected chi connectivity index (χ3v) is 3.81. The molecule has 0 aliphatic heterocycles. The Hall–Kier alpha value is 0.140. The maximum Gasteiger partial charge on any atom is 0.0395 e. The lowest BCUT2D eigenvalue weighted by molar-refractivity contribution is 0.662. The highest BCUT2D eigenvalue weighted by molar-refractivity contribution is 9.10. The lowest BCUT2D eigenvalue weighted by Crippen LogP contribution is -2.10. The van der Waals surface area contributed by atoms with Crippen molar-refractivity contribution in [2.45, 2.75) is 19.9 Å². The molecule has 3 heteroatoms. The zero-order valence-electron chi connectivity index (χ0n) is 6.94. The van der Waals surface area contributed by atoms with Crippen molar-refractivity contribution >= 4 is 27.3 Å². The van der Waals surface area contributed by atoms with Gasteiger partial charge in [-0.3, -0.25) is 0 Å². The minimum atomic E-state index is 0.447. The van der Waals surface area contributed by atoms with Gasteiger partial charge in [-0.1, -0.05) is 0 Å². The van der Waals surface area contributed by atoms with E-state index in [0.29, 0.717) is 6.04 Å². The molecule has 62 valence electrons. The van der Waals surface area contributed by atoms with Crippen LogP contribution in [0.1, 0.15) is 22.7 Å². The van der Waals surface area contributed by atoms with E-state index >= 15 is 0 Å². The van der Waals surface area contributed by atoms with E-state index in [2.05, 4.69) is 41.2 Å². The smallest absolute Gasteiger partial charge is 0.0395 e. The van der Waals surface area contributed by atoms with E-state index < -0.39 is 0 Å². The fourth-order valence-electron chi connectivity index (χ4n) is 0.928. The van der Waals surface area contributed by atoms with E-state index in [1.807, 2.05) is 18.4 Å². The maximum atomic E-state index is 3.53. The minimum Gasteiger partial charge on any atom is -0.313 e. The highest BCUT2D eigenvalue weighted by Gasteiger charge is 2.09. The third-order valence-electron chi connectivity index (χ3n) is 1.66. The molecule has 0 saturated heterocycles. The molecule has 0 radical (unpaired) electrons. The molecule has 1 atom stereocenters. The number of aryl methyl sites for hydroxylation is 1. The molecule has 1 heterocycles. The zero-order valence-corrected chi connectivity index (χ0v) is 9.34. The Morgan fingerprint density at radius 2 is 2.27 bits per heavy atom. The van der Waals surface area contributed by atoms with Crippen molar-refractivity contribution in [1.82, 2.24) is 5.32 Å². The molecule has 1 nitrogen and oxygen atoms in total. The van der Waals surface area contributed by atoms with E-state index in [4.69, 9.17) is 0 Å².